The van der Waals surface area contributed by atoms with Crippen molar-refractivity contribution in [1.29, 1.82) is 0 Å². The Kier molecular flexibility index (Phi) is 4.38. The van der Waals surface area contributed by atoms with Gasteiger partial charge in [-0.1, -0.05) is 0 Å². The van der Waals surface area contributed by atoms with Gasteiger partial charge in [0.05, 0.1) is 12.7 Å². The molecule has 1 N–H and O–H groups in total. The molecule has 0 unspecified atom stereocenters. The Morgan fingerprint density at radius 3 is 2.79 bits per heavy atom. The Labute approximate surface area is 86.7 Å². The molecule has 1 aliphatic rings. The van der Waals surface area contributed by atoms with Gasteiger partial charge in [-0.05, 0) is 13.5 Å². The zero-order valence-corrected chi connectivity index (χ0v) is 9.08. The minimum Gasteiger partial charge on any atom is -0.382 e. The van der Waals surface area contributed by atoms with E-state index < -0.39 is 5.60 Å². The summed E-state index contributed by atoms with van der Waals surface area (Å²) in [4.78, 5) is 0. The fourth-order valence-electron chi connectivity index (χ4n) is 2.04. The standard InChI is InChI=1S/C9H18BNO3/c1-11-5-9(6-12-2)7(13-3)4-8(10)14-9/h7-8,11H,4-6H2,1-3H3/t7-,8+,9-/m0/s1. The molecule has 0 aliphatic carbocycles. The minimum atomic E-state index is -0.447. The minimum absolute atomic E-state index is 0.00935. The lowest BCUT2D eigenvalue weighted by molar-refractivity contribution is -0.112. The van der Waals surface area contributed by atoms with E-state index in [1.807, 2.05) is 7.05 Å². The lowest BCUT2D eigenvalue weighted by Gasteiger charge is -2.33. The van der Waals surface area contributed by atoms with Gasteiger partial charge in [-0.3, -0.25) is 0 Å². The maximum Gasteiger partial charge on any atom is 0.129 e. The summed E-state index contributed by atoms with van der Waals surface area (Å²) < 4.78 is 16.2. The zero-order valence-electron chi connectivity index (χ0n) is 9.08. The molecule has 1 heterocycles. The van der Waals surface area contributed by atoms with E-state index in [0.717, 1.165) is 0 Å². The van der Waals surface area contributed by atoms with Gasteiger partial charge in [0, 0.05) is 26.8 Å². The highest BCUT2D eigenvalue weighted by Gasteiger charge is 2.47. The Balaban J connectivity index is 2.72. The van der Waals surface area contributed by atoms with Crippen molar-refractivity contribution in [3.63, 3.8) is 0 Å². The van der Waals surface area contributed by atoms with E-state index in [4.69, 9.17) is 22.1 Å². The molecule has 0 amide bonds. The van der Waals surface area contributed by atoms with Crippen LogP contribution >= 0.6 is 0 Å². The molecule has 14 heavy (non-hydrogen) atoms. The molecule has 1 aliphatic heterocycles. The first-order chi connectivity index (χ1) is 6.68. The number of methoxy groups -OCH3 is 2. The van der Waals surface area contributed by atoms with Crippen molar-refractivity contribution in [1.82, 2.24) is 5.32 Å². The molecule has 2 radical (unpaired) electrons. The quantitative estimate of drug-likeness (QED) is 0.607. The monoisotopic (exact) mass is 199 g/mol. The number of ether oxygens (including phenoxy) is 3. The van der Waals surface area contributed by atoms with Crippen LogP contribution in [0.3, 0.4) is 0 Å². The molecule has 3 atom stereocenters. The van der Waals surface area contributed by atoms with Crippen LogP contribution in [0, 0.1) is 0 Å². The predicted octanol–water partition coefficient (Wildman–Crippen LogP) is -0.479. The van der Waals surface area contributed by atoms with E-state index in [-0.39, 0.29) is 12.1 Å². The van der Waals surface area contributed by atoms with E-state index in [9.17, 15) is 0 Å². The molecular weight excluding hydrogens is 181 g/mol. The van der Waals surface area contributed by atoms with Gasteiger partial charge in [0.25, 0.3) is 0 Å². The maximum absolute atomic E-state index is 5.75. The second-order valence-electron chi connectivity index (χ2n) is 3.64. The van der Waals surface area contributed by atoms with Crippen LogP contribution in [0.1, 0.15) is 6.42 Å². The molecule has 80 valence electrons. The zero-order chi connectivity index (χ0) is 10.6. The van der Waals surface area contributed by atoms with Crippen LogP contribution < -0.4 is 5.32 Å². The second kappa shape index (κ2) is 5.12. The van der Waals surface area contributed by atoms with Crippen LogP contribution in [0.25, 0.3) is 0 Å². The summed E-state index contributed by atoms with van der Waals surface area (Å²) in [6.07, 6.45) is 0.701. The summed E-state index contributed by atoms with van der Waals surface area (Å²) in [5.41, 5.74) is -0.447. The molecule has 0 bridgehead atoms. The summed E-state index contributed by atoms with van der Waals surface area (Å²) in [6.45, 7) is 1.16. The van der Waals surface area contributed by atoms with Crippen molar-refractivity contribution in [2.45, 2.75) is 24.1 Å². The van der Waals surface area contributed by atoms with E-state index >= 15 is 0 Å². The average Bonchev–Trinajstić information content (AvgIpc) is 2.43. The second-order valence-corrected chi connectivity index (χ2v) is 3.64. The van der Waals surface area contributed by atoms with Crippen LogP contribution in [-0.2, 0) is 14.2 Å². The van der Waals surface area contributed by atoms with Crippen LogP contribution in [0.4, 0.5) is 0 Å². The van der Waals surface area contributed by atoms with Gasteiger partial charge in [-0.2, -0.15) is 0 Å². The van der Waals surface area contributed by atoms with E-state index in [2.05, 4.69) is 5.32 Å². The summed E-state index contributed by atoms with van der Waals surface area (Å²) >= 11 is 0. The van der Waals surface area contributed by atoms with Gasteiger partial charge >= 0.3 is 0 Å². The third-order valence-corrected chi connectivity index (χ3v) is 2.57. The van der Waals surface area contributed by atoms with Crippen molar-refractivity contribution in [3.05, 3.63) is 0 Å². The van der Waals surface area contributed by atoms with E-state index in [0.29, 0.717) is 19.6 Å². The van der Waals surface area contributed by atoms with Gasteiger partial charge in [-0.15, -0.1) is 0 Å². The van der Waals surface area contributed by atoms with Gasteiger partial charge in [0.1, 0.15) is 13.4 Å². The van der Waals surface area contributed by atoms with Gasteiger partial charge < -0.3 is 19.5 Å². The van der Waals surface area contributed by atoms with Crippen LogP contribution in [0.15, 0.2) is 0 Å². The first-order valence-electron chi connectivity index (χ1n) is 4.78. The summed E-state index contributed by atoms with van der Waals surface area (Å²) in [6, 6.07) is -0.261. The molecule has 0 aromatic rings. The first-order valence-corrected chi connectivity index (χ1v) is 4.78. The Hall–Kier alpha value is -0.0951. The molecule has 1 rings (SSSR count). The fraction of sp³-hybridized carbons (Fsp3) is 1.00. The number of hydrogen-bond donors (Lipinski definition) is 1. The van der Waals surface area contributed by atoms with Crippen LogP contribution in [0.2, 0.25) is 0 Å². The van der Waals surface area contributed by atoms with Gasteiger partial charge in [-0.25, -0.2) is 0 Å². The van der Waals surface area contributed by atoms with Crippen LogP contribution in [0.5, 0.6) is 0 Å². The smallest absolute Gasteiger partial charge is 0.129 e. The molecule has 4 nitrogen and oxygen atoms in total. The molecule has 1 fully saturated rings. The van der Waals surface area contributed by atoms with Crippen LogP contribution in [-0.4, -0.2) is 60.0 Å². The largest absolute Gasteiger partial charge is 0.382 e. The Bertz CT molecular complexity index is 173. The van der Waals surface area contributed by atoms with Crippen molar-refractivity contribution < 1.29 is 14.2 Å². The van der Waals surface area contributed by atoms with Crippen molar-refractivity contribution >= 4 is 7.85 Å². The highest BCUT2D eigenvalue weighted by molar-refractivity contribution is 6.11. The first kappa shape index (κ1) is 12.0. The predicted molar refractivity (Wildman–Crippen MR) is 54.6 cm³/mol. The molecule has 1 saturated heterocycles. The average molecular weight is 199 g/mol. The lowest BCUT2D eigenvalue weighted by atomic mass is 9.92. The number of rotatable bonds is 5. The molecule has 5 heteroatoms. The number of hydrogen-bond acceptors (Lipinski definition) is 4. The molecule has 0 spiro atoms. The van der Waals surface area contributed by atoms with E-state index in [1.165, 1.54) is 0 Å². The normalized spacial score (nSPS) is 37.6. The van der Waals surface area contributed by atoms with Crippen molar-refractivity contribution in [2.24, 2.45) is 0 Å². The summed E-state index contributed by atoms with van der Waals surface area (Å²) in [7, 11) is 10.9. The summed E-state index contributed by atoms with van der Waals surface area (Å²) in [5, 5.41) is 3.08. The van der Waals surface area contributed by atoms with Crippen molar-refractivity contribution in [3.8, 4) is 0 Å². The van der Waals surface area contributed by atoms with Gasteiger partial charge in [0.2, 0.25) is 0 Å². The lowest BCUT2D eigenvalue weighted by Crippen LogP contribution is -2.51. The molecule has 0 aromatic heterocycles. The Morgan fingerprint density at radius 1 is 1.57 bits per heavy atom. The van der Waals surface area contributed by atoms with Gasteiger partial charge in [0.15, 0.2) is 0 Å². The molecular formula is C9H18BNO3. The SMILES string of the molecule is [B][C@H]1C[C@H](OC)[C@](CNC)(COC)O1. The van der Waals surface area contributed by atoms with Crippen molar-refractivity contribution in [2.75, 3.05) is 34.4 Å². The summed E-state index contributed by atoms with van der Waals surface area (Å²) in [5.74, 6) is 0. The highest BCUT2D eigenvalue weighted by Crippen LogP contribution is 2.31. The third kappa shape index (κ3) is 2.28. The number of nitrogens with one attached hydrogen (secondary N) is 1. The molecule has 0 saturated carbocycles. The maximum atomic E-state index is 5.75. The molecule has 0 aromatic carbocycles. The topological polar surface area (TPSA) is 39.7 Å². The fourth-order valence-corrected chi connectivity index (χ4v) is 2.04. The number of likely N-dealkylation sites (N-methyl/N-ethyl adjacent to an activating group) is 1. The highest BCUT2D eigenvalue weighted by atomic mass is 16.6. The third-order valence-electron chi connectivity index (χ3n) is 2.57. The van der Waals surface area contributed by atoms with E-state index in [1.54, 1.807) is 14.2 Å². The Morgan fingerprint density at radius 2 is 2.29 bits per heavy atom.